The van der Waals surface area contributed by atoms with Gasteiger partial charge in [-0.15, -0.1) is 23.7 Å². The Morgan fingerprint density at radius 3 is 2.67 bits per heavy atom. The van der Waals surface area contributed by atoms with Crippen molar-refractivity contribution < 1.29 is 18.7 Å². The number of ether oxygens (including phenoxy) is 1. The maximum absolute atomic E-state index is 13.8. The van der Waals surface area contributed by atoms with Crippen LogP contribution in [0.4, 0.5) is 9.52 Å². The molecule has 2 rings (SSSR count). The van der Waals surface area contributed by atoms with E-state index in [1.54, 1.807) is 11.4 Å². The Labute approximate surface area is 166 Å². The number of hydrogen-bond acceptors (Lipinski definition) is 6. The van der Waals surface area contributed by atoms with E-state index in [4.69, 9.17) is 10.5 Å². The predicted octanol–water partition coefficient (Wildman–Crippen LogP) is 2.42. The molecule has 0 saturated heterocycles. The number of anilines is 1. The number of rotatable bonds is 7. The van der Waals surface area contributed by atoms with E-state index < -0.39 is 17.8 Å². The fourth-order valence-electron chi connectivity index (χ4n) is 2.04. The van der Waals surface area contributed by atoms with Gasteiger partial charge in [-0.25, -0.2) is 9.37 Å². The number of aromatic nitrogens is 1. The summed E-state index contributed by atoms with van der Waals surface area (Å²) in [6, 6.07) is 3.83. The van der Waals surface area contributed by atoms with Crippen molar-refractivity contribution in [1.82, 2.24) is 10.3 Å². The minimum atomic E-state index is -0.667. The zero-order chi connectivity index (χ0) is 19.3. The number of thiazole rings is 1. The standard InChI is InChI=1S/C17H21FN4O3S.ClH/c1-9(2)15(19)16(24)20-7-14(23)22-17-21-12(8-26-17)10-4-5-13(25-3)11(18)6-10;/h4-6,8-9,15H,7,19H2,1-3H3,(H,20,24)(H,21,22,23);1H/t15-;/m0./s1. The van der Waals surface area contributed by atoms with Gasteiger partial charge in [-0.05, 0) is 24.1 Å². The Balaban J connectivity index is 0.00000364. The third-order valence-electron chi connectivity index (χ3n) is 3.64. The second kappa shape index (κ2) is 10.2. The molecule has 2 aromatic rings. The van der Waals surface area contributed by atoms with E-state index in [1.807, 2.05) is 13.8 Å². The molecule has 0 aliphatic carbocycles. The van der Waals surface area contributed by atoms with Crippen LogP contribution in [0.5, 0.6) is 5.75 Å². The summed E-state index contributed by atoms with van der Waals surface area (Å²) in [6.45, 7) is 3.44. The van der Waals surface area contributed by atoms with E-state index in [0.29, 0.717) is 16.4 Å². The van der Waals surface area contributed by atoms with Crippen molar-refractivity contribution in [3.63, 3.8) is 0 Å². The Bertz CT molecular complexity index is 800. The first-order chi connectivity index (χ1) is 12.3. The summed E-state index contributed by atoms with van der Waals surface area (Å²) in [5.41, 5.74) is 6.80. The number of hydrogen-bond donors (Lipinski definition) is 3. The Kier molecular flexibility index (Phi) is 8.61. The van der Waals surface area contributed by atoms with Gasteiger partial charge >= 0.3 is 0 Å². The highest BCUT2D eigenvalue weighted by Gasteiger charge is 2.18. The molecule has 1 aromatic carbocycles. The van der Waals surface area contributed by atoms with Gasteiger partial charge in [0.1, 0.15) is 0 Å². The van der Waals surface area contributed by atoms with Crippen molar-refractivity contribution in [3.8, 4) is 17.0 Å². The zero-order valence-electron chi connectivity index (χ0n) is 15.1. The van der Waals surface area contributed by atoms with Gasteiger partial charge in [-0.2, -0.15) is 0 Å². The van der Waals surface area contributed by atoms with Gasteiger partial charge in [-0.3, -0.25) is 9.59 Å². The monoisotopic (exact) mass is 416 g/mol. The number of nitrogens with two attached hydrogens (primary N) is 1. The number of methoxy groups -OCH3 is 1. The number of nitrogens with zero attached hydrogens (tertiary/aromatic N) is 1. The first kappa shape index (κ1) is 22.8. The van der Waals surface area contributed by atoms with Crippen LogP contribution < -0.4 is 21.1 Å². The molecule has 27 heavy (non-hydrogen) atoms. The van der Waals surface area contributed by atoms with E-state index in [2.05, 4.69) is 15.6 Å². The van der Waals surface area contributed by atoms with Gasteiger partial charge in [0, 0.05) is 10.9 Å². The van der Waals surface area contributed by atoms with E-state index in [9.17, 15) is 14.0 Å². The molecule has 4 N–H and O–H groups in total. The van der Waals surface area contributed by atoms with Crippen molar-refractivity contribution in [3.05, 3.63) is 29.4 Å². The highest BCUT2D eigenvalue weighted by atomic mass is 35.5. The Morgan fingerprint density at radius 1 is 1.37 bits per heavy atom. The van der Waals surface area contributed by atoms with Gasteiger partial charge in [0.15, 0.2) is 16.7 Å². The predicted molar refractivity (Wildman–Crippen MR) is 106 cm³/mol. The van der Waals surface area contributed by atoms with Gasteiger partial charge in [-0.1, -0.05) is 13.8 Å². The average Bonchev–Trinajstić information content (AvgIpc) is 3.07. The van der Waals surface area contributed by atoms with Gasteiger partial charge in [0.2, 0.25) is 11.8 Å². The van der Waals surface area contributed by atoms with Crippen LogP contribution in [0, 0.1) is 11.7 Å². The van der Waals surface area contributed by atoms with Crippen LogP contribution in [0.3, 0.4) is 0 Å². The molecule has 1 aromatic heterocycles. The van der Waals surface area contributed by atoms with E-state index >= 15 is 0 Å². The Morgan fingerprint density at radius 2 is 2.07 bits per heavy atom. The summed E-state index contributed by atoms with van der Waals surface area (Å²) in [4.78, 5) is 27.9. The minimum Gasteiger partial charge on any atom is -0.494 e. The van der Waals surface area contributed by atoms with Crippen molar-refractivity contribution in [2.75, 3.05) is 19.0 Å². The molecule has 1 heterocycles. The average molecular weight is 417 g/mol. The van der Waals surface area contributed by atoms with E-state index in [0.717, 1.165) is 0 Å². The van der Waals surface area contributed by atoms with Crippen molar-refractivity contribution in [1.29, 1.82) is 0 Å². The molecule has 0 radical (unpaired) electrons. The lowest BCUT2D eigenvalue weighted by Gasteiger charge is -2.14. The van der Waals surface area contributed by atoms with E-state index in [-0.39, 0.29) is 36.5 Å². The number of halogens is 2. The molecular weight excluding hydrogens is 395 g/mol. The smallest absolute Gasteiger partial charge is 0.245 e. The summed E-state index contributed by atoms with van der Waals surface area (Å²) in [5.74, 6) is -1.18. The topological polar surface area (TPSA) is 106 Å². The largest absolute Gasteiger partial charge is 0.494 e. The number of carbonyl (C=O) groups excluding carboxylic acids is 2. The van der Waals surface area contributed by atoms with Gasteiger partial charge < -0.3 is 21.1 Å². The van der Waals surface area contributed by atoms with E-state index in [1.165, 1.54) is 30.6 Å². The Hall–Kier alpha value is -2.23. The summed E-state index contributed by atoms with van der Waals surface area (Å²) in [5, 5.41) is 7.12. The maximum atomic E-state index is 13.8. The SMILES string of the molecule is COc1ccc(-c2csc(NC(=O)CNC(=O)[C@@H](N)C(C)C)n2)cc1F.Cl. The zero-order valence-corrected chi connectivity index (χ0v) is 16.7. The van der Waals surface area contributed by atoms with Gasteiger partial charge in [0.05, 0.1) is 25.4 Å². The summed E-state index contributed by atoms with van der Waals surface area (Å²) in [7, 11) is 1.39. The third kappa shape index (κ3) is 6.16. The number of benzene rings is 1. The first-order valence-electron chi connectivity index (χ1n) is 7.94. The number of amides is 2. The van der Waals surface area contributed by atoms with Crippen LogP contribution in [0.1, 0.15) is 13.8 Å². The molecule has 0 unspecified atom stereocenters. The summed E-state index contributed by atoms with van der Waals surface area (Å²) in [6.07, 6.45) is 0. The highest BCUT2D eigenvalue weighted by Crippen LogP contribution is 2.28. The van der Waals surface area contributed by atoms with Gasteiger partial charge in [0.25, 0.3) is 0 Å². The molecular formula is C17H22ClFN4O3S. The number of nitrogens with one attached hydrogen (secondary N) is 2. The van der Waals surface area contributed by atoms with Crippen LogP contribution in [0.15, 0.2) is 23.6 Å². The molecule has 0 spiro atoms. The lowest BCUT2D eigenvalue weighted by atomic mass is 10.1. The minimum absolute atomic E-state index is 0. The molecule has 0 aliphatic rings. The summed E-state index contributed by atoms with van der Waals surface area (Å²) >= 11 is 1.20. The van der Waals surface area contributed by atoms with Crippen LogP contribution in [0.25, 0.3) is 11.3 Å². The summed E-state index contributed by atoms with van der Waals surface area (Å²) < 4.78 is 18.7. The molecule has 0 bridgehead atoms. The molecule has 1 atom stereocenters. The molecule has 0 aliphatic heterocycles. The molecule has 7 nitrogen and oxygen atoms in total. The third-order valence-corrected chi connectivity index (χ3v) is 4.40. The second-order valence-corrected chi connectivity index (χ2v) is 6.78. The van der Waals surface area contributed by atoms with Crippen molar-refractivity contribution >= 4 is 40.7 Å². The van der Waals surface area contributed by atoms with Crippen LogP contribution >= 0.6 is 23.7 Å². The lowest BCUT2D eigenvalue weighted by Crippen LogP contribution is -2.46. The van der Waals surface area contributed by atoms with Crippen molar-refractivity contribution in [2.24, 2.45) is 11.7 Å². The quantitative estimate of drug-likeness (QED) is 0.642. The maximum Gasteiger partial charge on any atom is 0.245 e. The van der Waals surface area contributed by atoms with Crippen LogP contribution in [-0.4, -0.2) is 36.5 Å². The highest BCUT2D eigenvalue weighted by molar-refractivity contribution is 7.14. The molecule has 148 valence electrons. The number of carbonyl (C=O) groups is 2. The fourth-order valence-corrected chi connectivity index (χ4v) is 2.78. The molecule has 0 saturated carbocycles. The second-order valence-electron chi connectivity index (χ2n) is 5.92. The molecule has 10 heteroatoms. The normalized spacial score (nSPS) is 11.5. The molecule has 0 fully saturated rings. The molecule has 2 amide bonds. The fraction of sp³-hybridized carbons (Fsp3) is 0.353. The van der Waals surface area contributed by atoms with Crippen LogP contribution in [0.2, 0.25) is 0 Å². The van der Waals surface area contributed by atoms with Crippen molar-refractivity contribution in [2.45, 2.75) is 19.9 Å². The lowest BCUT2D eigenvalue weighted by molar-refractivity contribution is -0.125. The van der Waals surface area contributed by atoms with Crippen LogP contribution in [-0.2, 0) is 9.59 Å². The first-order valence-corrected chi connectivity index (χ1v) is 8.82.